The Hall–Kier alpha value is -0.820. The van der Waals surface area contributed by atoms with E-state index >= 15 is 0 Å². The lowest BCUT2D eigenvalue weighted by Gasteiger charge is -2.20. The minimum Gasteiger partial charge on any atom is -0.480 e. The molecule has 1 N–H and O–H groups in total. The number of carboxylic acids is 1. The molecule has 1 amide bonds. The molecule has 0 bridgehead atoms. The standard InChI is InChI=1S/C12H13ClINO3/c1-2-5-15(7-11(16)17)12(18)9-6-8(13)3-4-10(9)14/h3-4,6H,2,5,7H2,1H3,(H,16,17). The van der Waals surface area contributed by atoms with Crippen molar-refractivity contribution in [3.63, 3.8) is 0 Å². The van der Waals surface area contributed by atoms with E-state index in [9.17, 15) is 9.59 Å². The van der Waals surface area contributed by atoms with Gasteiger partial charge in [-0.2, -0.15) is 0 Å². The molecule has 1 rings (SSSR count). The van der Waals surface area contributed by atoms with Gasteiger partial charge >= 0.3 is 5.97 Å². The summed E-state index contributed by atoms with van der Waals surface area (Å²) >= 11 is 7.89. The molecule has 1 aromatic rings. The maximum Gasteiger partial charge on any atom is 0.323 e. The number of carbonyl (C=O) groups is 2. The van der Waals surface area contributed by atoms with Crippen LogP contribution in [0.3, 0.4) is 0 Å². The molecule has 18 heavy (non-hydrogen) atoms. The predicted octanol–water partition coefficient (Wildman–Crippen LogP) is 2.88. The Labute approximate surface area is 124 Å². The molecule has 0 saturated carbocycles. The van der Waals surface area contributed by atoms with Gasteiger partial charge in [0.2, 0.25) is 0 Å². The molecule has 1 aromatic carbocycles. The van der Waals surface area contributed by atoms with Crippen LogP contribution in [-0.2, 0) is 4.79 Å². The maximum atomic E-state index is 12.2. The molecule has 0 atom stereocenters. The van der Waals surface area contributed by atoms with Crippen molar-refractivity contribution in [1.82, 2.24) is 4.90 Å². The minimum atomic E-state index is -1.02. The van der Waals surface area contributed by atoms with E-state index in [0.717, 1.165) is 3.57 Å². The third kappa shape index (κ3) is 4.13. The highest BCUT2D eigenvalue weighted by molar-refractivity contribution is 14.1. The lowest BCUT2D eigenvalue weighted by Crippen LogP contribution is -2.36. The van der Waals surface area contributed by atoms with Crippen LogP contribution in [0, 0.1) is 3.57 Å². The zero-order valence-corrected chi connectivity index (χ0v) is 12.7. The molecule has 0 aromatic heterocycles. The van der Waals surface area contributed by atoms with Gasteiger partial charge in [-0.15, -0.1) is 0 Å². The van der Waals surface area contributed by atoms with E-state index in [4.69, 9.17) is 16.7 Å². The van der Waals surface area contributed by atoms with Gasteiger partial charge in [-0.05, 0) is 47.2 Å². The lowest BCUT2D eigenvalue weighted by molar-refractivity contribution is -0.137. The van der Waals surface area contributed by atoms with Gasteiger partial charge in [-0.3, -0.25) is 9.59 Å². The van der Waals surface area contributed by atoms with Gasteiger partial charge in [0.25, 0.3) is 5.91 Å². The van der Waals surface area contributed by atoms with E-state index in [1.54, 1.807) is 18.2 Å². The van der Waals surface area contributed by atoms with Gasteiger partial charge in [-0.25, -0.2) is 0 Å². The fourth-order valence-corrected chi connectivity index (χ4v) is 2.26. The SMILES string of the molecule is CCCN(CC(=O)O)C(=O)c1cc(Cl)ccc1I. The summed E-state index contributed by atoms with van der Waals surface area (Å²) in [5, 5.41) is 9.27. The Bertz CT molecular complexity index is 465. The van der Waals surface area contributed by atoms with Gasteiger partial charge in [0.1, 0.15) is 6.54 Å². The van der Waals surface area contributed by atoms with E-state index in [2.05, 4.69) is 0 Å². The molecule has 0 aliphatic rings. The summed E-state index contributed by atoms with van der Waals surface area (Å²) in [6, 6.07) is 5.00. The van der Waals surface area contributed by atoms with Gasteiger partial charge in [0.05, 0.1) is 5.56 Å². The summed E-state index contributed by atoms with van der Waals surface area (Å²) in [4.78, 5) is 24.3. The van der Waals surface area contributed by atoms with E-state index in [0.29, 0.717) is 23.6 Å². The van der Waals surface area contributed by atoms with Crippen LogP contribution in [0.1, 0.15) is 23.7 Å². The van der Waals surface area contributed by atoms with Crippen molar-refractivity contribution >= 4 is 46.1 Å². The number of hydrogen-bond donors (Lipinski definition) is 1. The summed E-state index contributed by atoms with van der Waals surface area (Å²) in [6.07, 6.45) is 0.705. The summed E-state index contributed by atoms with van der Waals surface area (Å²) in [7, 11) is 0. The zero-order valence-electron chi connectivity index (χ0n) is 9.82. The number of amides is 1. The average Bonchev–Trinajstić information content (AvgIpc) is 2.30. The van der Waals surface area contributed by atoms with Crippen LogP contribution in [0.25, 0.3) is 0 Å². The highest BCUT2D eigenvalue weighted by Gasteiger charge is 2.20. The Kier molecular flexibility index (Phi) is 5.87. The van der Waals surface area contributed by atoms with Crippen LogP contribution < -0.4 is 0 Å². The monoisotopic (exact) mass is 381 g/mol. The number of halogens is 2. The number of rotatable bonds is 5. The van der Waals surface area contributed by atoms with E-state index < -0.39 is 5.97 Å². The molecule has 0 aliphatic carbocycles. The summed E-state index contributed by atoms with van der Waals surface area (Å²) < 4.78 is 0.758. The van der Waals surface area contributed by atoms with Crippen LogP contribution in [0.2, 0.25) is 5.02 Å². The number of hydrogen-bond acceptors (Lipinski definition) is 2. The largest absolute Gasteiger partial charge is 0.480 e. The molecular weight excluding hydrogens is 368 g/mol. The second-order valence-corrected chi connectivity index (χ2v) is 5.34. The average molecular weight is 382 g/mol. The third-order valence-electron chi connectivity index (χ3n) is 2.27. The fourth-order valence-electron chi connectivity index (χ4n) is 1.52. The normalized spacial score (nSPS) is 10.2. The van der Waals surface area contributed by atoms with Crippen molar-refractivity contribution in [1.29, 1.82) is 0 Å². The number of carboxylic acid groups (broad SMARTS) is 1. The lowest BCUT2D eigenvalue weighted by atomic mass is 10.2. The molecule has 0 unspecified atom stereocenters. The topological polar surface area (TPSA) is 57.6 Å². The third-order valence-corrected chi connectivity index (χ3v) is 3.44. The Balaban J connectivity index is 3.01. The second kappa shape index (κ2) is 6.94. The molecular formula is C12H13ClINO3. The number of aliphatic carboxylic acids is 1. The van der Waals surface area contributed by atoms with E-state index in [1.807, 2.05) is 29.5 Å². The van der Waals surface area contributed by atoms with Gasteiger partial charge in [0.15, 0.2) is 0 Å². The maximum absolute atomic E-state index is 12.2. The van der Waals surface area contributed by atoms with E-state index in [-0.39, 0.29) is 12.5 Å². The smallest absolute Gasteiger partial charge is 0.323 e. The Morgan fingerprint density at radius 1 is 1.44 bits per heavy atom. The summed E-state index contributed by atoms with van der Waals surface area (Å²) in [6.45, 7) is 2.01. The minimum absolute atomic E-state index is 0.296. The van der Waals surface area contributed by atoms with Crippen molar-refractivity contribution in [3.8, 4) is 0 Å². The Morgan fingerprint density at radius 3 is 2.67 bits per heavy atom. The first-order chi connectivity index (χ1) is 8.45. The van der Waals surface area contributed by atoms with Crippen LogP contribution in [0.15, 0.2) is 18.2 Å². The van der Waals surface area contributed by atoms with E-state index in [1.165, 1.54) is 4.90 Å². The van der Waals surface area contributed by atoms with Crippen molar-refractivity contribution < 1.29 is 14.7 Å². The zero-order chi connectivity index (χ0) is 13.7. The van der Waals surface area contributed by atoms with Gasteiger partial charge < -0.3 is 10.0 Å². The second-order valence-electron chi connectivity index (χ2n) is 3.74. The van der Waals surface area contributed by atoms with Crippen molar-refractivity contribution in [2.24, 2.45) is 0 Å². The highest BCUT2D eigenvalue weighted by Crippen LogP contribution is 2.19. The highest BCUT2D eigenvalue weighted by atomic mass is 127. The molecule has 0 fully saturated rings. The predicted molar refractivity (Wildman–Crippen MR) is 78.0 cm³/mol. The first kappa shape index (κ1) is 15.2. The molecule has 0 aliphatic heterocycles. The van der Waals surface area contributed by atoms with Gasteiger partial charge in [-0.1, -0.05) is 18.5 Å². The Morgan fingerprint density at radius 2 is 2.11 bits per heavy atom. The van der Waals surface area contributed by atoms with Gasteiger partial charge in [0, 0.05) is 15.1 Å². The molecule has 4 nitrogen and oxygen atoms in total. The molecule has 0 saturated heterocycles. The summed E-state index contributed by atoms with van der Waals surface area (Å²) in [5.74, 6) is -1.32. The molecule has 98 valence electrons. The quantitative estimate of drug-likeness (QED) is 0.798. The van der Waals surface area contributed by atoms with Crippen LogP contribution in [0.4, 0.5) is 0 Å². The summed E-state index contributed by atoms with van der Waals surface area (Å²) in [5.41, 5.74) is 0.442. The van der Waals surface area contributed by atoms with Crippen LogP contribution >= 0.6 is 34.2 Å². The van der Waals surface area contributed by atoms with Crippen LogP contribution in [-0.4, -0.2) is 35.0 Å². The number of nitrogens with zero attached hydrogens (tertiary/aromatic N) is 1. The van der Waals surface area contributed by atoms with Crippen LogP contribution in [0.5, 0.6) is 0 Å². The molecule has 0 radical (unpaired) electrons. The first-order valence-electron chi connectivity index (χ1n) is 5.41. The molecule has 0 heterocycles. The van der Waals surface area contributed by atoms with Crippen molar-refractivity contribution in [2.45, 2.75) is 13.3 Å². The molecule has 6 heteroatoms. The number of carbonyl (C=O) groups excluding carboxylic acids is 1. The van der Waals surface area contributed by atoms with Crippen molar-refractivity contribution in [3.05, 3.63) is 32.4 Å². The van der Waals surface area contributed by atoms with Crippen molar-refractivity contribution in [2.75, 3.05) is 13.1 Å². The first-order valence-corrected chi connectivity index (χ1v) is 6.87. The molecule has 0 spiro atoms. The fraction of sp³-hybridized carbons (Fsp3) is 0.333. The number of benzene rings is 1.